The SMILES string of the molecule is CC(C)(C)c1ccc(N2c3cc(N4c5ccc(C(C)(C)C)cc5C5(C)CCCCC45C)cc4c3B3c5c2cccc5C(C)(C)c2cccc(c23)N4c2cc(C(C)(C)C)cc(C(C)(C)C)c2)cc1. The van der Waals surface area contributed by atoms with Crippen LogP contribution in [-0.4, -0.2) is 12.3 Å². The van der Waals surface area contributed by atoms with Gasteiger partial charge in [-0.3, -0.25) is 0 Å². The third-order valence-corrected chi connectivity index (χ3v) is 17.6. The topological polar surface area (TPSA) is 9.72 Å². The first kappa shape index (κ1) is 44.3. The zero-order valence-electron chi connectivity index (χ0n) is 43.6. The predicted molar refractivity (Wildman–Crippen MR) is 290 cm³/mol. The second-order valence-electron chi connectivity index (χ2n) is 26.3. The summed E-state index contributed by atoms with van der Waals surface area (Å²) in [6.45, 7) is 38.5. The first-order chi connectivity index (χ1) is 31.2. The quantitative estimate of drug-likeness (QED) is 0.164. The molecule has 1 aliphatic carbocycles. The predicted octanol–water partition coefficient (Wildman–Crippen LogP) is 15.3. The van der Waals surface area contributed by atoms with E-state index in [0.717, 1.165) is 6.42 Å². The van der Waals surface area contributed by atoms with Crippen LogP contribution in [0, 0.1) is 0 Å². The van der Waals surface area contributed by atoms with Gasteiger partial charge in [0.05, 0.1) is 5.54 Å². The van der Waals surface area contributed by atoms with Gasteiger partial charge in [0.25, 0.3) is 6.71 Å². The van der Waals surface area contributed by atoms with Gasteiger partial charge in [-0.2, -0.15) is 0 Å². The van der Waals surface area contributed by atoms with Crippen LogP contribution in [0.1, 0.15) is 175 Å². The number of nitrogens with zero attached hydrogens (tertiary/aromatic N) is 3. The fourth-order valence-electron chi connectivity index (χ4n) is 13.3. The van der Waals surface area contributed by atoms with Crippen LogP contribution in [0.15, 0.2) is 109 Å². The molecule has 5 aliphatic rings. The molecule has 0 aromatic heterocycles. The molecule has 1 fully saturated rings. The van der Waals surface area contributed by atoms with E-state index < -0.39 is 0 Å². The fourth-order valence-corrected chi connectivity index (χ4v) is 13.3. The smallest absolute Gasteiger partial charge is 0.252 e. The van der Waals surface area contributed by atoms with Crippen molar-refractivity contribution in [2.45, 2.75) is 174 Å². The normalized spacial score (nSPS) is 21.3. The summed E-state index contributed by atoms with van der Waals surface area (Å²) in [6, 6.07) is 44.2. The van der Waals surface area contributed by atoms with Gasteiger partial charge in [-0.25, -0.2) is 0 Å². The van der Waals surface area contributed by atoms with Gasteiger partial charge in [0.15, 0.2) is 0 Å². The van der Waals surface area contributed by atoms with E-state index in [4.69, 9.17) is 0 Å². The summed E-state index contributed by atoms with van der Waals surface area (Å²) < 4.78 is 0. The molecule has 11 rings (SSSR count). The molecule has 4 heterocycles. The summed E-state index contributed by atoms with van der Waals surface area (Å²) in [7, 11) is 0. The molecule has 0 radical (unpaired) electrons. The molecule has 0 saturated heterocycles. The average molecular weight is 884 g/mol. The Morgan fingerprint density at radius 3 is 1.42 bits per heavy atom. The number of anilines is 8. The summed E-state index contributed by atoms with van der Waals surface area (Å²) in [5, 5.41) is 0. The molecule has 67 heavy (non-hydrogen) atoms. The number of hydrogen-bond donors (Lipinski definition) is 0. The lowest BCUT2D eigenvalue weighted by atomic mass is 9.28. The van der Waals surface area contributed by atoms with Crippen molar-refractivity contribution in [1.29, 1.82) is 0 Å². The van der Waals surface area contributed by atoms with Crippen molar-refractivity contribution >= 4 is 68.6 Å². The minimum Gasteiger partial charge on any atom is -0.334 e. The fraction of sp³-hybridized carbons (Fsp3) is 0.429. The van der Waals surface area contributed by atoms with Crippen molar-refractivity contribution in [2.24, 2.45) is 0 Å². The highest BCUT2D eigenvalue weighted by molar-refractivity contribution is 7.01. The number of rotatable bonds is 3. The molecule has 2 unspecified atom stereocenters. The van der Waals surface area contributed by atoms with E-state index in [1.165, 1.54) is 120 Å². The molecule has 4 heteroatoms. The molecule has 344 valence electrons. The lowest BCUT2D eigenvalue weighted by Gasteiger charge is -2.52. The summed E-state index contributed by atoms with van der Waals surface area (Å²) in [6.07, 6.45) is 4.83. The highest BCUT2D eigenvalue weighted by atomic mass is 15.3. The van der Waals surface area contributed by atoms with Gasteiger partial charge in [0.1, 0.15) is 0 Å². The van der Waals surface area contributed by atoms with Crippen LogP contribution in [-0.2, 0) is 32.5 Å². The van der Waals surface area contributed by atoms with E-state index in [1.807, 2.05) is 0 Å². The van der Waals surface area contributed by atoms with Crippen LogP contribution < -0.4 is 31.1 Å². The van der Waals surface area contributed by atoms with Crippen LogP contribution in [0.4, 0.5) is 45.5 Å². The van der Waals surface area contributed by atoms with E-state index in [-0.39, 0.29) is 44.7 Å². The van der Waals surface area contributed by atoms with Crippen molar-refractivity contribution in [2.75, 3.05) is 14.7 Å². The minimum absolute atomic E-state index is 0.00224. The molecule has 6 aromatic rings. The van der Waals surface area contributed by atoms with Crippen molar-refractivity contribution in [3.8, 4) is 0 Å². The maximum absolute atomic E-state index is 2.83. The molecular formula is C63H74BN3. The lowest BCUT2D eigenvalue weighted by molar-refractivity contribution is 0.195. The van der Waals surface area contributed by atoms with Gasteiger partial charge < -0.3 is 14.7 Å². The van der Waals surface area contributed by atoms with Gasteiger partial charge in [-0.1, -0.05) is 171 Å². The van der Waals surface area contributed by atoms with Gasteiger partial charge in [-0.15, -0.1) is 0 Å². The molecule has 2 atom stereocenters. The van der Waals surface area contributed by atoms with Gasteiger partial charge in [0.2, 0.25) is 0 Å². The van der Waals surface area contributed by atoms with Crippen LogP contribution in [0.5, 0.6) is 0 Å². The third kappa shape index (κ3) is 6.22. The molecule has 0 bridgehead atoms. The molecule has 6 aromatic carbocycles. The number of benzene rings is 6. The molecule has 3 nitrogen and oxygen atoms in total. The second kappa shape index (κ2) is 14.0. The zero-order chi connectivity index (χ0) is 47.8. The molecule has 0 amide bonds. The Bertz CT molecular complexity index is 3000. The van der Waals surface area contributed by atoms with Crippen molar-refractivity contribution in [3.05, 3.63) is 148 Å². The van der Waals surface area contributed by atoms with E-state index in [0.29, 0.717) is 0 Å². The van der Waals surface area contributed by atoms with Gasteiger partial charge in [-0.05, 0) is 151 Å². The highest BCUT2D eigenvalue weighted by Crippen LogP contribution is 2.62. The minimum atomic E-state index is -0.204. The standard InChI is InChI=1S/C63H74BN3/c1-57(2,3)39-25-28-43(29-26-39)65-50-23-19-21-46-54(50)64-55-47(61(46,13)14)22-20-24-51(55)66(44-34-41(59(7,8)9)33-42(35-44)60(10,11)12)53-38-45(37-52(65)56(53)64)67-49-30-27-40(58(4,5)6)36-48(49)62(15)31-17-18-32-63(62,67)16/h19-30,33-38H,17-18,31-32H2,1-16H3. The zero-order valence-corrected chi connectivity index (χ0v) is 43.6. The monoisotopic (exact) mass is 884 g/mol. The third-order valence-electron chi connectivity index (χ3n) is 17.6. The largest absolute Gasteiger partial charge is 0.334 e. The summed E-state index contributed by atoms with van der Waals surface area (Å²) >= 11 is 0. The van der Waals surface area contributed by atoms with Crippen LogP contribution in [0.2, 0.25) is 0 Å². The van der Waals surface area contributed by atoms with Crippen molar-refractivity contribution < 1.29 is 0 Å². The van der Waals surface area contributed by atoms with Gasteiger partial charge >= 0.3 is 0 Å². The Balaban J connectivity index is 1.28. The first-order valence-corrected chi connectivity index (χ1v) is 25.5. The average Bonchev–Trinajstić information content (AvgIpc) is 3.46. The maximum Gasteiger partial charge on any atom is 0.252 e. The van der Waals surface area contributed by atoms with E-state index in [9.17, 15) is 0 Å². The van der Waals surface area contributed by atoms with Gasteiger partial charge in [0, 0.05) is 56.3 Å². The molecular weight excluding hydrogens is 810 g/mol. The van der Waals surface area contributed by atoms with E-state index >= 15 is 0 Å². The Hall–Kier alpha value is -5.22. The number of fused-ring (bicyclic) bond motifs is 3. The van der Waals surface area contributed by atoms with E-state index in [2.05, 4.69) is 235 Å². The Morgan fingerprint density at radius 1 is 0.403 bits per heavy atom. The summed E-state index contributed by atoms with van der Waals surface area (Å²) in [5.41, 5.74) is 24.3. The summed E-state index contributed by atoms with van der Waals surface area (Å²) in [5.74, 6) is 0. The Morgan fingerprint density at radius 2 is 0.896 bits per heavy atom. The lowest BCUT2D eigenvalue weighted by Crippen LogP contribution is -2.67. The molecule has 4 aliphatic heterocycles. The van der Waals surface area contributed by atoms with Crippen LogP contribution in [0.25, 0.3) is 0 Å². The molecule has 1 saturated carbocycles. The summed E-state index contributed by atoms with van der Waals surface area (Å²) in [4.78, 5) is 8.20. The van der Waals surface area contributed by atoms with Crippen molar-refractivity contribution in [3.63, 3.8) is 0 Å². The highest BCUT2D eigenvalue weighted by Gasteiger charge is 2.59. The van der Waals surface area contributed by atoms with Crippen molar-refractivity contribution in [1.82, 2.24) is 0 Å². The Labute approximate surface area is 404 Å². The Kier molecular flexibility index (Phi) is 9.23. The molecule has 0 spiro atoms. The van der Waals surface area contributed by atoms with E-state index in [1.54, 1.807) is 0 Å². The van der Waals surface area contributed by atoms with Crippen LogP contribution >= 0.6 is 0 Å². The second-order valence-corrected chi connectivity index (χ2v) is 26.3. The number of hydrogen-bond acceptors (Lipinski definition) is 3. The van der Waals surface area contributed by atoms with Crippen LogP contribution in [0.3, 0.4) is 0 Å². The first-order valence-electron chi connectivity index (χ1n) is 25.5. The molecule has 0 N–H and O–H groups in total. The maximum atomic E-state index is 2.83.